The van der Waals surface area contributed by atoms with Crippen LogP contribution in [0, 0.1) is 13.8 Å². The van der Waals surface area contributed by atoms with Crippen LogP contribution in [0.25, 0.3) is 0 Å². The van der Waals surface area contributed by atoms with Gasteiger partial charge in [-0.1, -0.05) is 48.5 Å². The zero-order valence-electron chi connectivity index (χ0n) is 18.7. The molecule has 4 N–H and O–H groups in total. The first-order valence-electron chi connectivity index (χ1n) is 10.7. The van der Waals surface area contributed by atoms with Crippen molar-refractivity contribution >= 4 is 23.4 Å². The number of primary amides is 1. The first kappa shape index (κ1) is 22.8. The summed E-state index contributed by atoms with van der Waals surface area (Å²) < 4.78 is 1.25. The Morgan fingerprint density at radius 1 is 1.06 bits per heavy atom. The van der Waals surface area contributed by atoms with Crippen molar-refractivity contribution in [3.63, 3.8) is 0 Å². The van der Waals surface area contributed by atoms with Crippen molar-refractivity contribution in [2.75, 3.05) is 5.32 Å². The minimum Gasteiger partial charge on any atom is -0.503 e. The molecule has 174 valence electrons. The molecule has 1 unspecified atom stereocenters. The summed E-state index contributed by atoms with van der Waals surface area (Å²) in [5, 5.41) is 13.4. The number of rotatable bonds is 5. The maximum absolute atomic E-state index is 13.5. The highest BCUT2D eigenvalue weighted by Gasteiger charge is 2.39. The van der Waals surface area contributed by atoms with Crippen molar-refractivity contribution in [1.29, 1.82) is 0 Å². The summed E-state index contributed by atoms with van der Waals surface area (Å²) in [7, 11) is 0. The van der Waals surface area contributed by atoms with E-state index >= 15 is 0 Å². The van der Waals surface area contributed by atoms with Gasteiger partial charge < -0.3 is 25.6 Å². The van der Waals surface area contributed by atoms with Gasteiger partial charge in [0.1, 0.15) is 11.6 Å². The average Bonchev–Trinajstić information content (AvgIpc) is 2.80. The Balaban J connectivity index is 1.80. The van der Waals surface area contributed by atoms with Crippen molar-refractivity contribution in [3.05, 3.63) is 92.9 Å². The second kappa shape index (κ2) is 8.86. The number of benzene rings is 2. The fourth-order valence-electron chi connectivity index (χ4n) is 4.16. The summed E-state index contributed by atoms with van der Waals surface area (Å²) in [4.78, 5) is 52.4. The molecule has 34 heavy (non-hydrogen) atoms. The molecule has 0 aliphatic carbocycles. The van der Waals surface area contributed by atoms with Crippen LogP contribution in [-0.2, 0) is 17.9 Å². The molecule has 0 radical (unpaired) electrons. The molecule has 9 heteroatoms. The number of carbonyl (C=O) groups excluding carboxylic acids is 3. The van der Waals surface area contributed by atoms with Crippen molar-refractivity contribution in [3.8, 4) is 5.75 Å². The number of nitrogens with zero attached hydrogens (tertiary/aromatic N) is 2. The van der Waals surface area contributed by atoms with Gasteiger partial charge in [0.25, 0.3) is 11.8 Å². The number of pyridine rings is 1. The van der Waals surface area contributed by atoms with Crippen LogP contribution in [-0.4, -0.2) is 38.3 Å². The number of carbonyl (C=O) groups is 3. The lowest BCUT2D eigenvalue weighted by Crippen LogP contribution is -2.54. The number of amides is 3. The molecule has 2 aromatic carbocycles. The molecule has 1 aliphatic rings. The van der Waals surface area contributed by atoms with Crippen LogP contribution < -0.4 is 16.5 Å². The summed E-state index contributed by atoms with van der Waals surface area (Å²) >= 11 is 0. The smallest absolute Gasteiger partial charge is 0.275 e. The zero-order valence-corrected chi connectivity index (χ0v) is 18.7. The molecule has 0 fully saturated rings. The van der Waals surface area contributed by atoms with E-state index in [0.29, 0.717) is 5.69 Å². The molecule has 0 saturated carbocycles. The van der Waals surface area contributed by atoms with Crippen molar-refractivity contribution < 1.29 is 19.5 Å². The number of anilines is 1. The van der Waals surface area contributed by atoms with Crippen LogP contribution in [0.15, 0.2) is 59.5 Å². The third-order valence-corrected chi connectivity index (χ3v) is 5.96. The summed E-state index contributed by atoms with van der Waals surface area (Å²) in [5.74, 6) is -3.05. The number of nitrogens with two attached hydrogens (primary N) is 1. The molecule has 1 aliphatic heterocycles. The highest BCUT2D eigenvalue weighted by molar-refractivity contribution is 6.04. The maximum Gasteiger partial charge on any atom is 0.275 e. The van der Waals surface area contributed by atoms with Gasteiger partial charge in [0.05, 0.1) is 6.54 Å². The lowest BCUT2D eigenvalue weighted by molar-refractivity contribution is -0.121. The lowest BCUT2D eigenvalue weighted by atomic mass is 10.0. The lowest BCUT2D eigenvalue weighted by Gasteiger charge is -2.37. The van der Waals surface area contributed by atoms with E-state index in [1.807, 2.05) is 62.4 Å². The van der Waals surface area contributed by atoms with E-state index in [9.17, 15) is 24.3 Å². The van der Waals surface area contributed by atoms with Gasteiger partial charge in [-0.3, -0.25) is 19.2 Å². The standard InChI is InChI=1S/C25H24N4O5/c1-14-7-6-8-15(2)19(14)27-24(33)18-13-28-12-17(23(26)32)21(30)22(31)20(28)25(34)29(18)11-16-9-4-3-5-10-16/h3-10,12,18,31H,11,13H2,1-2H3,(H2,26,32)(H,27,33). The Morgan fingerprint density at radius 3 is 2.32 bits per heavy atom. The van der Waals surface area contributed by atoms with Crippen LogP contribution >= 0.6 is 0 Å². The van der Waals surface area contributed by atoms with Crippen LogP contribution in [0.2, 0.25) is 0 Å². The number of hydrogen-bond acceptors (Lipinski definition) is 5. The predicted molar refractivity (Wildman–Crippen MR) is 126 cm³/mol. The Labute approximate surface area is 195 Å². The first-order chi connectivity index (χ1) is 16.2. The molecular formula is C25H24N4O5. The molecule has 2 heterocycles. The molecule has 4 rings (SSSR count). The normalized spacial score (nSPS) is 15.1. The number of aromatic hydroxyl groups is 1. The largest absolute Gasteiger partial charge is 0.503 e. The summed E-state index contributed by atoms with van der Waals surface area (Å²) in [5.41, 5.74) is 6.64. The molecule has 0 bridgehead atoms. The SMILES string of the molecule is Cc1cccc(C)c1NC(=O)C1Cn2cc(C(N)=O)c(=O)c(O)c2C(=O)N1Cc1ccccc1. The van der Waals surface area contributed by atoms with E-state index in [1.54, 1.807) is 0 Å². The third kappa shape index (κ3) is 4.03. The predicted octanol–water partition coefficient (Wildman–Crippen LogP) is 1.93. The van der Waals surface area contributed by atoms with Gasteiger partial charge in [0, 0.05) is 18.4 Å². The van der Waals surface area contributed by atoms with Gasteiger partial charge in [-0.05, 0) is 30.5 Å². The highest BCUT2D eigenvalue weighted by Crippen LogP contribution is 2.27. The number of nitrogens with one attached hydrogen (secondary N) is 1. The number of aryl methyl sites for hydroxylation is 2. The first-order valence-corrected chi connectivity index (χ1v) is 10.7. The summed E-state index contributed by atoms with van der Waals surface area (Å²) in [6.45, 7) is 3.73. The molecule has 0 saturated heterocycles. The fourth-order valence-corrected chi connectivity index (χ4v) is 4.16. The monoisotopic (exact) mass is 460 g/mol. The number of hydrogen-bond donors (Lipinski definition) is 3. The van der Waals surface area contributed by atoms with Crippen molar-refractivity contribution in [2.24, 2.45) is 5.73 Å². The second-order valence-corrected chi connectivity index (χ2v) is 8.28. The molecular weight excluding hydrogens is 436 g/mol. The quantitative estimate of drug-likeness (QED) is 0.535. The number of aromatic nitrogens is 1. The Bertz CT molecular complexity index is 1340. The van der Waals surface area contributed by atoms with Gasteiger partial charge in [0.15, 0.2) is 11.4 Å². The van der Waals surface area contributed by atoms with E-state index in [1.165, 1.54) is 9.47 Å². The van der Waals surface area contributed by atoms with Crippen LogP contribution in [0.5, 0.6) is 5.75 Å². The van der Waals surface area contributed by atoms with Crippen molar-refractivity contribution in [2.45, 2.75) is 33.0 Å². The molecule has 0 spiro atoms. The minimum atomic E-state index is -1.04. The minimum absolute atomic E-state index is 0.0791. The van der Waals surface area contributed by atoms with Crippen LogP contribution in [0.4, 0.5) is 5.69 Å². The topological polar surface area (TPSA) is 135 Å². The van der Waals surface area contributed by atoms with Gasteiger partial charge in [-0.15, -0.1) is 0 Å². The second-order valence-electron chi connectivity index (χ2n) is 8.28. The molecule has 3 amide bonds. The van der Waals surface area contributed by atoms with Gasteiger partial charge in [-0.25, -0.2) is 0 Å². The number of para-hydroxylation sites is 1. The van der Waals surface area contributed by atoms with Gasteiger partial charge in [-0.2, -0.15) is 0 Å². The summed E-state index contributed by atoms with van der Waals surface area (Å²) in [6.07, 6.45) is 1.12. The van der Waals surface area contributed by atoms with E-state index in [2.05, 4.69) is 5.32 Å². The highest BCUT2D eigenvalue weighted by atomic mass is 16.3. The van der Waals surface area contributed by atoms with E-state index in [-0.39, 0.29) is 18.8 Å². The molecule has 9 nitrogen and oxygen atoms in total. The van der Waals surface area contributed by atoms with Crippen molar-refractivity contribution in [1.82, 2.24) is 9.47 Å². The Hall–Kier alpha value is -4.40. The summed E-state index contributed by atoms with van der Waals surface area (Å²) in [6, 6.07) is 13.7. The Kier molecular flexibility index (Phi) is 5.93. The third-order valence-electron chi connectivity index (χ3n) is 5.96. The molecule has 1 aromatic heterocycles. The molecule has 3 aromatic rings. The molecule has 1 atom stereocenters. The van der Waals surface area contributed by atoms with E-state index in [4.69, 9.17) is 5.73 Å². The Morgan fingerprint density at radius 2 is 1.71 bits per heavy atom. The van der Waals surface area contributed by atoms with E-state index < -0.39 is 40.5 Å². The van der Waals surface area contributed by atoms with Crippen LogP contribution in [0.3, 0.4) is 0 Å². The van der Waals surface area contributed by atoms with E-state index in [0.717, 1.165) is 22.9 Å². The number of fused-ring (bicyclic) bond motifs is 1. The maximum atomic E-state index is 13.5. The van der Waals surface area contributed by atoms with Gasteiger partial charge >= 0.3 is 0 Å². The zero-order chi connectivity index (χ0) is 24.6. The van der Waals surface area contributed by atoms with Gasteiger partial charge in [0.2, 0.25) is 11.3 Å². The fraction of sp³-hybridized carbons (Fsp3) is 0.200. The average molecular weight is 460 g/mol. The van der Waals surface area contributed by atoms with Crippen LogP contribution in [0.1, 0.15) is 37.5 Å².